The van der Waals surface area contributed by atoms with E-state index in [1.165, 1.54) is 0 Å². The maximum absolute atomic E-state index is 11.9. The third kappa shape index (κ3) is 2.77. The summed E-state index contributed by atoms with van der Waals surface area (Å²) in [5.74, 6) is -1.07. The van der Waals surface area contributed by atoms with E-state index in [1.54, 1.807) is 31.2 Å². The molecule has 0 unspecified atom stereocenters. The second-order valence-corrected chi connectivity index (χ2v) is 5.75. The van der Waals surface area contributed by atoms with Gasteiger partial charge in [0.2, 0.25) is 5.58 Å². The lowest BCUT2D eigenvalue weighted by Gasteiger charge is -2.06. The third-order valence-electron chi connectivity index (χ3n) is 3.14. The van der Waals surface area contributed by atoms with E-state index in [-0.39, 0.29) is 33.6 Å². The van der Waals surface area contributed by atoms with Gasteiger partial charge in [0, 0.05) is 10.6 Å². The fraction of sp³-hybridized carbons (Fsp3) is 0.133. The number of hydrogen-bond acceptors (Lipinski definition) is 6. The molecule has 8 heteroatoms. The maximum Gasteiger partial charge on any atom is 0.360 e. The summed E-state index contributed by atoms with van der Waals surface area (Å²) in [5, 5.41) is 15.3. The number of esters is 1. The molecule has 0 saturated carbocycles. The van der Waals surface area contributed by atoms with Gasteiger partial charge in [-0.25, -0.2) is 9.78 Å². The van der Waals surface area contributed by atoms with E-state index in [9.17, 15) is 9.90 Å². The minimum absolute atomic E-state index is 0.170. The third-order valence-corrected chi connectivity index (χ3v) is 3.93. The molecule has 0 spiro atoms. The predicted molar refractivity (Wildman–Crippen MR) is 87.6 cm³/mol. The molecule has 3 aromatic rings. The van der Waals surface area contributed by atoms with E-state index >= 15 is 0 Å². The summed E-state index contributed by atoms with van der Waals surface area (Å²) in [6, 6.07) is 6.85. The molecule has 0 saturated heterocycles. The van der Waals surface area contributed by atoms with Gasteiger partial charge in [0.05, 0.1) is 12.0 Å². The summed E-state index contributed by atoms with van der Waals surface area (Å²) in [6.07, 6.45) is 0. The number of aromatic nitrogens is 2. The SMILES string of the molecule is CCOC(=O)c1nc(Br)c2onc(-c3ccc(Cl)cc3)c2c1O. The number of ether oxygens (including phenoxy) is 1. The van der Waals surface area contributed by atoms with Crippen molar-refractivity contribution in [1.82, 2.24) is 10.1 Å². The largest absolute Gasteiger partial charge is 0.505 e. The zero-order valence-corrected chi connectivity index (χ0v) is 14.2. The molecule has 2 heterocycles. The predicted octanol–water partition coefficient (Wildman–Crippen LogP) is 4.19. The van der Waals surface area contributed by atoms with Crippen LogP contribution in [0.5, 0.6) is 5.75 Å². The summed E-state index contributed by atoms with van der Waals surface area (Å²) < 4.78 is 10.4. The van der Waals surface area contributed by atoms with Gasteiger partial charge in [-0.15, -0.1) is 0 Å². The molecule has 0 aliphatic rings. The highest BCUT2D eigenvalue weighted by Crippen LogP contribution is 2.39. The zero-order chi connectivity index (χ0) is 16.6. The van der Waals surface area contributed by atoms with Gasteiger partial charge in [-0.3, -0.25) is 0 Å². The molecule has 6 nitrogen and oxygen atoms in total. The summed E-state index contributed by atoms with van der Waals surface area (Å²) in [7, 11) is 0. The highest BCUT2D eigenvalue weighted by atomic mass is 79.9. The molecule has 0 aliphatic carbocycles. The Bertz CT molecular complexity index is 893. The first-order valence-electron chi connectivity index (χ1n) is 6.63. The Morgan fingerprint density at radius 3 is 2.74 bits per heavy atom. The van der Waals surface area contributed by atoms with Crippen molar-refractivity contribution in [3.63, 3.8) is 0 Å². The molecule has 0 fully saturated rings. The number of rotatable bonds is 3. The topological polar surface area (TPSA) is 85.5 Å². The normalized spacial score (nSPS) is 10.9. The van der Waals surface area contributed by atoms with Crippen LogP contribution in [0, 0.1) is 0 Å². The fourth-order valence-corrected chi connectivity index (χ4v) is 2.69. The number of hydrogen-bond donors (Lipinski definition) is 1. The summed E-state index contributed by atoms with van der Waals surface area (Å²) >= 11 is 9.09. The van der Waals surface area contributed by atoms with Gasteiger partial charge in [-0.2, -0.15) is 0 Å². The number of aromatic hydroxyl groups is 1. The highest BCUT2D eigenvalue weighted by Gasteiger charge is 2.25. The number of carbonyl (C=O) groups excluding carboxylic acids is 1. The van der Waals surface area contributed by atoms with E-state index in [0.29, 0.717) is 16.3 Å². The lowest BCUT2D eigenvalue weighted by Crippen LogP contribution is -2.07. The molecule has 3 rings (SSSR count). The highest BCUT2D eigenvalue weighted by molar-refractivity contribution is 9.10. The molecule has 0 atom stereocenters. The lowest BCUT2D eigenvalue weighted by molar-refractivity contribution is 0.0516. The van der Waals surface area contributed by atoms with E-state index < -0.39 is 5.97 Å². The van der Waals surface area contributed by atoms with Crippen LogP contribution in [0.15, 0.2) is 33.4 Å². The number of pyridine rings is 1. The van der Waals surface area contributed by atoms with E-state index in [4.69, 9.17) is 20.9 Å². The standard InChI is InChI=1S/C15H10BrClN2O4/c1-2-22-15(21)11-12(20)9-10(7-3-5-8(17)6-4-7)19-23-13(9)14(16)18-11/h3-6,20H,2H2,1H3. The van der Waals surface area contributed by atoms with Gasteiger partial charge in [0.25, 0.3) is 0 Å². The number of fused-ring (bicyclic) bond motifs is 1. The van der Waals surface area contributed by atoms with Crippen LogP contribution in [0.1, 0.15) is 17.4 Å². The van der Waals surface area contributed by atoms with Gasteiger partial charge in [0.1, 0.15) is 5.69 Å². The smallest absolute Gasteiger partial charge is 0.360 e. The number of nitrogens with zero attached hydrogens (tertiary/aromatic N) is 2. The quantitative estimate of drug-likeness (QED) is 0.527. The van der Waals surface area contributed by atoms with E-state index in [2.05, 4.69) is 26.1 Å². The van der Waals surface area contributed by atoms with Crippen LogP contribution in [0.4, 0.5) is 0 Å². The van der Waals surface area contributed by atoms with Crippen molar-refractivity contribution >= 4 is 44.5 Å². The maximum atomic E-state index is 11.9. The average molecular weight is 398 g/mol. The second kappa shape index (κ2) is 6.17. The van der Waals surface area contributed by atoms with Crippen LogP contribution < -0.4 is 0 Å². The summed E-state index contributed by atoms with van der Waals surface area (Å²) in [5.41, 5.74) is 1.09. The Morgan fingerprint density at radius 2 is 2.09 bits per heavy atom. The van der Waals surface area contributed by atoms with Gasteiger partial charge < -0.3 is 14.4 Å². The molecule has 23 heavy (non-hydrogen) atoms. The average Bonchev–Trinajstić information content (AvgIpc) is 2.97. The molecule has 1 N–H and O–H groups in total. The monoisotopic (exact) mass is 396 g/mol. The zero-order valence-electron chi connectivity index (χ0n) is 11.8. The van der Waals surface area contributed by atoms with Crippen molar-refractivity contribution in [3.8, 4) is 17.0 Å². The Labute approximate surface area is 144 Å². The number of benzene rings is 1. The molecule has 118 valence electrons. The summed E-state index contributed by atoms with van der Waals surface area (Å²) in [4.78, 5) is 15.9. The molecule has 0 amide bonds. The van der Waals surface area contributed by atoms with E-state index in [0.717, 1.165) is 0 Å². The van der Waals surface area contributed by atoms with Crippen LogP contribution in [0.2, 0.25) is 5.02 Å². The second-order valence-electron chi connectivity index (χ2n) is 4.56. The number of halogens is 2. The Balaban J connectivity index is 2.25. The van der Waals surface area contributed by atoms with Gasteiger partial charge in [-0.05, 0) is 35.0 Å². The first-order chi connectivity index (χ1) is 11.0. The molecule has 0 aliphatic heterocycles. The minimum atomic E-state index is -0.726. The van der Waals surface area contributed by atoms with E-state index in [1.807, 2.05) is 0 Å². The van der Waals surface area contributed by atoms with Gasteiger partial charge in [0.15, 0.2) is 16.0 Å². The first-order valence-corrected chi connectivity index (χ1v) is 7.81. The Kier molecular flexibility index (Phi) is 4.23. The lowest BCUT2D eigenvalue weighted by atomic mass is 10.1. The molecular formula is C15H10BrClN2O4. The van der Waals surface area contributed by atoms with Crippen molar-refractivity contribution in [3.05, 3.63) is 39.6 Å². The van der Waals surface area contributed by atoms with Gasteiger partial charge >= 0.3 is 5.97 Å². The van der Waals surface area contributed by atoms with Crippen molar-refractivity contribution in [1.29, 1.82) is 0 Å². The van der Waals surface area contributed by atoms with Crippen molar-refractivity contribution in [2.45, 2.75) is 6.92 Å². The van der Waals surface area contributed by atoms with Gasteiger partial charge in [-0.1, -0.05) is 28.9 Å². The first kappa shape index (κ1) is 15.8. The van der Waals surface area contributed by atoms with Crippen molar-refractivity contribution in [2.24, 2.45) is 0 Å². The molecule has 0 bridgehead atoms. The molecule has 1 aromatic carbocycles. The fourth-order valence-electron chi connectivity index (χ4n) is 2.12. The van der Waals surface area contributed by atoms with Crippen LogP contribution >= 0.6 is 27.5 Å². The van der Waals surface area contributed by atoms with Crippen LogP contribution in [-0.2, 0) is 4.74 Å². The Hall–Kier alpha value is -2.12. The number of carbonyl (C=O) groups is 1. The molecule has 0 radical (unpaired) electrons. The molecule has 2 aromatic heterocycles. The minimum Gasteiger partial charge on any atom is -0.505 e. The molecular weight excluding hydrogens is 388 g/mol. The van der Waals surface area contributed by atoms with Crippen LogP contribution in [0.25, 0.3) is 22.2 Å². The van der Waals surface area contributed by atoms with Crippen molar-refractivity contribution in [2.75, 3.05) is 6.61 Å². The van der Waals surface area contributed by atoms with Crippen molar-refractivity contribution < 1.29 is 19.2 Å². The van der Waals surface area contributed by atoms with Crippen LogP contribution in [-0.4, -0.2) is 27.8 Å². The summed E-state index contributed by atoms with van der Waals surface area (Å²) in [6.45, 7) is 1.84. The Morgan fingerprint density at radius 1 is 1.39 bits per heavy atom. The van der Waals surface area contributed by atoms with Crippen LogP contribution in [0.3, 0.4) is 0 Å².